The molecule has 2 aliphatic heterocycles. The molecule has 0 spiro atoms. The van der Waals surface area contributed by atoms with Gasteiger partial charge in [-0.25, -0.2) is 4.79 Å². The van der Waals surface area contributed by atoms with Gasteiger partial charge in [0.05, 0.1) is 15.5 Å². The molecule has 26 heavy (non-hydrogen) atoms. The molecule has 2 aliphatic rings. The zero-order valence-electron chi connectivity index (χ0n) is 15.5. The molecule has 1 amide bonds. The molecule has 3 unspecified atom stereocenters. The number of nitrogen functional groups attached to an aromatic ring is 1. The predicted octanol–water partition coefficient (Wildman–Crippen LogP) is 3.59. The molecule has 138 valence electrons. The van der Waals surface area contributed by atoms with Crippen LogP contribution in [0.4, 0.5) is 5.69 Å². The largest absolute Gasteiger partial charge is 0.465 e. The van der Waals surface area contributed by atoms with Gasteiger partial charge in [0.1, 0.15) is 5.56 Å². The van der Waals surface area contributed by atoms with Crippen LogP contribution in [0.2, 0.25) is 5.02 Å². The van der Waals surface area contributed by atoms with Crippen LogP contribution >= 0.6 is 11.6 Å². The van der Waals surface area contributed by atoms with Crippen molar-refractivity contribution in [2.45, 2.75) is 63.6 Å². The quantitative estimate of drug-likeness (QED) is 0.498. The Bertz CT molecular complexity index is 797. The molecule has 2 saturated heterocycles. The number of piperidine rings is 1. The molecule has 2 N–H and O–H groups in total. The van der Waals surface area contributed by atoms with Crippen LogP contribution in [0.1, 0.15) is 61.4 Å². The van der Waals surface area contributed by atoms with Crippen molar-refractivity contribution in [1.82, 2.24) is 4.90 Å². The number of carbonyl (C=O) groups excluding carboxylic acids is 1. The van der Waals surface area contributed by atoms with E-state index >= 15 is 0 Å². The van der Waals surface area contributed by atoms with Gasteiger partial charge in [0, 0.05) is 35.8 Å². The number of fused-ring (bicyclic) bond motifs is 2. The number of hydrogen-bond acceptors (Lipinski definition) is 4. The van der Waals surface area contributed by atoms with Gasteiger partial charge in [-0.05, 0) is 51.4 Å². The molecular weight excluding hydrogens is 350 g/mol. The molecule has 0 radical (unpaired) electrons. The second-order valence-corrected chi connectivity index (χ2v) is 7.79. The number of halogens is 1. The maximum Gasteiger partial charge on any atom is 0.465 e. The van der Waals surface area contributed by atoms with Crippen LogP contribution in [-0.2, 0) is 0 Å². The molecule has 2 heterocycles. The van der Waals surface area contributed by atoms with Crippen LogP contribution in [0.5, 0.6) is 0 Å². The van der Waals surface area contributed by atoms with Crippen LogP contribution in [0.15, 0.2) is 12.1 Å². The minimum Gasteiger partial charge on any atom is -0.398 e. The summed E-state index contributed by atoms with van der Waals surface area (Å²) in [7, 11) is 2.11. The Labute approximate surface area is 159 Å². The van der Waals surface area contributed by atoms with Crippen LogP contribution in [0, 0.1) is 16.7 Å². The van der Waals surface area contributed by atoms with Gasteiger partial charge in [0.2, 0.25) is 6.04 Å². The Kier molecular flexibility index (Phi) is 5.36. The number of nitrogens with zero attached hydrogens (tertiary/aromatic N) is 2. The molecule has 2 fully saturated rings. The average molecular weight is 375 g/mol. The Morgan fingerprint density at radius 2 is 1.96 bits per heavy atom. The van der Waals surface area contributed by atoms with Gasteiger partial charge in [-0.2, -0.15) is 0 Å². The molecular formula is C20H25ClN3O2+. The third kappa shape index (κ3) is 3.36. The lowest BCUT2D eigenvalue weighted by Gasteiger charge is -2.32. The van der Waals surface area contributed by atoms with E-state index in [9.17, 15) is 9.70 Å². The van der Waals surface area contributed by atoms with Crippen LogP contribution < -0.4 is 5.73 Å². The molecule has 1 aromatic rings. The summed E-state index contributed by atoms with van der Waals surface area (Å²) in [6.45, 7) is 3.63. The summed E-state index contributed by atoms with van der Waals surface area (Å²) in [6.07, 6.45) is 3.65. The first-order valence-electron chi connectivity index (χ1n) is 9.07. The van der Waals surface area contributed by atoms with Crippen LogP contribution in [0.25, 0.3) is 0 Å². The number of benzene rings is 1. The third-order valence-electron chi connectivity index (χ3n) is 5.83. The monoisotopic (exact) mass is 374 g/mol. The Morgan fingerprint density at radius 1 is 1.35 bits per heavy atom. The predicted molar refractivity (Wildman–Crippen MR) is 103 cm³/mol. The van der Waals surface area contributed by atoms with Crippen molar-refractivity contribution in [3.8, 4) is 11.8 Å². The van der Waals surface area contributed by atoms with E-state index in [1.54, 1.807) is 13.0 Å². The second kappa shape index (κ2) is 7.38. The Hall–Kier alpha value is -1.90. The number of nitroso groups, excluding NO2 is 1. The maximum absolute atomic E-state index is 13.0. The van der Waals surface area contributed by atoms with E-state index in [-0.39, 0.29) is 17.0 Å². The number of rotatable bonds is 3. The second-order valence-electron chi connectivity index (χ2n) is 7.38. The van der Waals surface area contributed by atoms with Crippen molar-refractivity contribution in [1.29, 1.82) is 0 Å². The third-order valence-corrected chi connectivity index (χ3v) is 6.16. The van der Waals surface area contributed by atoms with E-state index in [0.717, 1.165) is 25.7 Å². The van der Waals surface area contributed by atoms with Gasteiger partial charge in [-0.3, -0.25) is 4.90 Å². The first-order chi connectivity index (χ1) is 12.3. The zero-order valence-corrected chi connectivity index (χ0v) is 16.2. The zero-order chi connectivity index (χ0) is 19.0. The van der Waals surface area contributed by atoms with Crippen molar-refractivity contribution < 1.29 is 9.55 Å². The van der Waals surface area contributed by atoms with Gasteiger partial charge in [0.15, 0.2) is 0 Å². The number of anilines is 1. The first kappa shape index (κ1) is 18.9. The summed E-state index contributed by atoms with van der Waals surface area (Å²) in [4.78, 5) is 28.2. The number of carbonyl (C=O) groups is 1. The highest BCUT2D eigenvalue weighted by molar-refractivity contribution is 6.33. The minimum atomic E-state index is -0.541. The molecule has 6 heteroatoms. The topological polar surface area (TPSA) is 66.4 Å². The van der Waals surface area contributed by atoms with E-state index < -0.39 is 5.91 Å². The van der Waals surface area contributed by atoms with Crippen molar-refractivity contribution in [3.63, 3.8) is 0 Å². The lowest BCUT2D eigenvalue weighted by Crippen LogP contribution is -2.46. The highest BCUT2D eigenvalue weighted by atomic mass is 35.5. The van der Waals surface area contributed by atoms with E-state index in [1.165, 1.54) is 6.07 Å². The highest BCUT2D eigenvalue weighted by Crippen LogP contribution is 2.36. The lowest BCUT2D eigenvalue weighted by molar-refractivity contribution is -0.499. The summed E-state index contributed by atoms with van der Waals surface area (Å²) in [5.74, 6) is 5.13. The maximum atomic E-state index is 13.0. The van der Waals surface area contributed by atoms with Gasteiger partial charge in [0.25, 0.3) is 0 Å². The highest BCUT2D eigenvalue weighted by Gasteiger charge is 2.47. The van der Waals surface area contributed by atoms with Crippen LogP contribution in [-0.4, -0.2) is 40.7 Å². The van der Waals surface area contributed by atoms with E-state index in [0.29, 0.717) is 33.7 Å². The Balaban J connectivity index is 1.90. The molecule has 2 bridgehead atoms. The molecule has 0 aromatic heterocycles. The fourth-order valence-corrected chi connectivity index (χ4v) is 4.47. The van der Waals surface area contributed by atoms with Crippen molar-refractivity contribution in [2.75, 3.05) is 12.8 Å². The molecule has 3 atom stereocenters. The number of hydrogen-bond donors (Lipinski definition) is 1. The fourth-order valence-electron chi connectivity index (χ4n) is 4.30. The fraction of sp³-hybridized carbons (Fsp3) is 0.550. The summed E-state index contributed by atoms with van der Waals surface area (Å²) in [5, 5.41) is 0.283. The SMILES string of the molecule is CC#CC(C)c1cc(N)c(Cl)cc1C(=O)[N+](=O)C1CC2CCC(C1)N2C. The van der Waals surface area contributed by atoms with Gasteiger partial charge in [-0.1, -0.05) is 17.5 Å². The van der Waals surface area contributed by atoms with E-state index in [4.69, 9.17) is 17.3 Å². The van der Waals surface area contributed by atoms with Crippen molar-refractivity contribution >= 4 is 23.2 Å². The van der Waals surface area contributed by atoms with Gasteiger partial charge in [-0.15, -0.1) is 5.92 Å². The molecule has 0 saturated carbocycles. The molecule has 3 rings (SSSR count). The summed E-state index contributed by atoms with van der Waals surface area (Å²) < 4.78 is 0.662. The van der Waals surface area contributed by atoms with E-state index in [2.05, 4.69) is 23.8 Å². The lowest BCUT2D eigenvalue weighted by atomic mass is 9.93. The summed E-state index contributed by atoms with van der Waals surface area (Å²) >= 11 is 6.14. The number of nitrogens with two attached hydrogens (primary N) is 1. The summed E-state index contributed by atoms with van der Waals surface area (Å²) in [6, 6.07) is 3.67. The van der Waals surface area contributed by atoms with Gasteiger partial charge < -0.3 is 5.73 Å². The normalized spacial score (nSPS) is 26.1. The van der Waals surface area contributed by atoms with Crippen LogP contribution in [0.3, 0.4) is 0 Å². The van der Waals surface area contributed by atoms with E-state index in [1.807, 2.05) is 6.92 Å². The van der Waals surface area contributed by atoms with Gasteiger partial charge >= 0.3 is 5.91 Å². The smallest absolute Gasteiger partial charge is 0.398 e. The standard InChI is InChI=1S/C20H24ClN3O2/c1-4-5-12(2)16-11-19(22)18(21)10-17(16)20(25)24(26)15-8-13-6-7-14(9-15)23(13)3/h10-15H,6-9H2,1-3H3,(H-,22,25)/p+1. The Morgan fingerprint density at radius 3 is 2.54 bits per heavy atom. The number of amides is 1. The molecule has 5 nitrogen and oxygen atoms in total. The van der Waals surface area contributed by atoms with Crippen molar-refractivity contribution in [3.05, 3.63) is 33.2 Å². The molecule has 0 aliphatic carbocycles. The minimum absolute atomic E-state index is 0.208. The first-order valence-corrected chi connectivity index (χ1v) is 9.45. The van der Waals surface area contributed by atoms with Crippen molar-refractivity contribution in [2.24, 2.45) is 0 Å². The molecule has 1 aromatic carbocycles. The summed E-state index contributed by atoms with van der Waals surface area (Å²) in [5.41, 5.74) is 7.26. The average Bonchev–Trinajstić information content (AvgIpc) is 2.83.